The van der Waals surface area contributed by atoms with Crippen LogP contribution in [-0.4, -0.2) is 11.9 Å². The summed E-state index contributed by atoms with van der Waals surface area (Å²) in [6.45, 7) is 1.66. The molecular formula is C13H18ClFN2O. The smallest absolute Gasteiger partial charge is 0.237 e. The molecule has 1 aliphatic rings. The van der Waals surface area contributed by atoms with E-state index >= 15 is 0 Å². The minimum Gasteiger partial charge on any atom is -0.348 e. The highest BCUT2D eigenvalue weighted by Gasteiger charge is 2.22. The molecule has 100 valence electrons. The summed E-state index contributed by atoms with van der Waals surface area (Å²) in [5.74, 6) is -0.380. The summed E-state index contributed by atoms with van der Waals surface area (Å²) in [5.41, 5.74) is 7.54. The van der Waals surface area contributed by atoms with Crippen molar-refractivity contribution < 1.29 is 9.18 Å². The third-order valence-electron chi connectivity index (χ3n) is 3.15. The minimum atomic E-state index is -0.513. The van der Waals surface area contributed by atoms with Crippen LogP contribution < -0.4 is 11.1 Å². The predicted octanol–water partition coefficient (Wildman–Crippen LogP) is 2.09. The van der Waals surface area contributed by atoms with E-state index in [-0.39, 0.29) is 30.2 Å². The molecule has 18 heavy (non-hydrogen) atoms. The van der Waals surface area contributed by atoms with E-state index in [0.29, 0.717) is 0 Å². The van der Waals surface area contributed by atoms with Gasteiger partial charge in [-0.15, -0.1) is 12.4 Å². The van der Waals surface area contributed by atoms with Crippen molar-refractivity contribution in [2.24, 2.45) is 5.73 Å². The Morgan fingerprint density at radius 1 is 1.56 bits per heavy atom. The van der Waals surface area contributed by atoms with E-state index in [1.807, 2.05) is 0 Å². The first-order chi connectivity index (χ1) is 8.08. The molecule has 0 heterocycles. The molecule has 1 aromatic carbocycles. The summed E-state index contributed by atoms with van der Waals surface area (Å²) >= 11 is 0. The first-order valence-corrected chi connectivity index (χ1v) is 5.92. The maximum Gasteiger partial charge on any atom is 0.237 e. The molecule has 3 nitrogen and oxygen atoms in total. The normalized spacial score (nSPS) is 19.4. The molecule has 0 aliphatic heterocycles. The summed E-state index contributed by atoms with van der Waals surface area (Å²) < 4.78 is 13.1. The first-order valence-electron chi connectivity index (χ1n) is 5.92. The maximum atomic E-state index is 13.1. The fourth-order valence-electron chi connectivity index (χ4n) is 2.24. The molecule has 0 saturated heterocycles. The van der Waals surface area contributed by atoms with Gasteiger partial charge in [0.25, 0.3) is 0 Å². The first kappa shape index (κ1) is 14.9. The number of amides is 1. The third-order valence-corrected chi connectivity index (χ3v) is 3.15. The maximum absolute atomic E-state index is 13.1. The van der Waals surface area contributed by atoms with Gasteiger partial charge in [-0.2, -0.15) is 0 Å². The van der Waals surface area contributed by atoms with Gasteiger partial charge in [0.15, 0.2) is 0 Å². The van der Waals surface area contributed by atoms with Crippen LogP contribution >= 0.6 is 12.4 Å². The van der Waals surface area contributed by atoms with Crippen molar-refractivity contribution in [3.63, 3.8) is 0 Å². The van der Waals surface area contributed by atoms with E-state index in [4.69, 9.17) is 5.73 Å². The van der Waals surface area contributed by atoms with E-state index in [1.54, 1.807) is 19.1 Å². The quantitative estimate of drug-likeness (QED) is 0.866. The second-order valence-corrected chi connectivity index (χ2v) is 4.59. The van der Waals surface area contributed by atoms with Crippen LogP contribution in [-0.2, 0) is 11.2 Å². The molecule has 0 radical (unpaired) electrons. The predicted molar refractivity (Wildman–Crippen MR) is 71.1 cm³/mol. The van der Waals surface area contributed by atoms with Gasteiger partial charge in [0.1, 0.15) is 5.82 Å². The van der Waals surface area contributed by atoms with Crippen LogP contribution in [0.25, 0.3) is 0 Å². The molecule has 1 unspecified atom stereocenters. The number of halogens is 2. The van der Waals surface area contributed by atoms with Crippen molar-refractivity contribution in [1.82, 2.24) is 5.32 Å². The van der Waals surface area contributed by atoms with Crippen molar-refractivity contribution in [3.05, 3.63) is 35.1 Å². The summed E-state index contributed by atoms with van der Waals surface area (Å²) in [4.78, 5) is 11.6. The molecule has 2 rings (SSSR count). The zero-order valence-electron chi connectivity index (χ0n) is 10.3. The van der Waals surface area contributed by atoms with Crippen LogP contribution in [0.4, 0.5) is 4.39 Å². The molecule has 2 atom stereocenters. The molecule has 1 aliphatic carbocycles. The lowest BCUT2D eigenvalue weighted by Crippen LogP contribution is -2.41. The highest BCUT2D eigenvalue weighted by Crippen LogP contribution is 2.30. The van der Waals surface area contributed by atoms with Crippen LogP contribution in [0, 0.1) is 5.82 Å². The van der Waals surface area contributed by atoms with Crippen LogP contribution in [0.3, 0.4) is 0 Å². The molecular weight excluding hydrogens is 255 g/mol. The summed E-state index contributed by atoms with van der Waals surface area (Å²) in [5, 5.41) is 2.91. The number of hydrogen-bond donors (Lipinski definition) is 2. The summed E-state index contributed by atoms with van der Waals surface area (Å²) in [6, 6.07) is 4.21. The molecule has 0 saturated carbocycles. The van der Waals surface area contributed by atoms with Gasteiger partial charge in [0.2, 0.25) is 5.91 Å². The second-order valence-electron chi connectivity index (χ2n) is 4.59. The van der Waals surface area contributed by atoms with Crippen LogP contribution in [0.15, 0.2) is 18.2 Å². The van der Waals surface area contributed by atoms with E-state index in [0.717, 1.165) is 30.4 Å². The van der Waals surface area contributed by atoms with E-state index in [9.17, 15) is 9.18 Å². The third kappa shape index (κ3) is 3.21. The highest BCUT2D eigenvalue weighted by atomic mass is 35.5. The fourth-order valence-corrected chi connectivity index (χ4v) is 2.24. The van der Waals surface area contributed by atoms with Gasteiger partial charge < -0.3 is 11.1 Å². The highest BCUT2D eigenvalue weighted by molar-refractivity contribution is 5.85. The number of aryl methyl sites for hydroxylation is 1. The summed E-state index contributed by atoms with van der Waals surface area (Å²) in [7, 11) is 0. The average molecular weight is 273 g/mol. The lowest BCUT2D eigenvalue weighted by molar-refractivity contribution is -0.122. The van der Waals surface area contributed by atoms with Crippen LogP contribution in [0.2, 0.25) is 0 Å². The minimum absolute atomic E-state index is 0. The van der Waals surface area contributed by atoms with E-state index in [1.165, 1.54) is 6.07 Å². The van der Waals surface area contributed by atoms with Crippen molar-refractivity contribution in [2.45, 2.75) is 38.3 Å². The van der Waals surface area contributed by atoms with E-state index < -0.39 is 6.04 Å². The Morgan fingerprint density at radius 3 is 2.94 bits per heavy atom. The Balaban J connectivity index is 0.00000162. The monoisotopic (exact) mass is 272 g/mol. The second kappa shape index (κ2) is 6.16. The Kier molecular flexibility index (Phi) is 5.11. The number of fused-ring (bicyclic) bond motifs is 1. The number of carbonyl (C=O) groups is 1. The Bertz CT molecular complexity index is 437. The molecule has 0 bridgehead atoms. The standard InChI is InChI=1S/C13H17FN2O.ClH/c1-8(15)13(17)16-12-4-2-3-9-7-10(14)5-6-11(9)12;/h5-8,12H,2-4,15H2,1H3,(H,16,17);1H/t8-,12?;/m1./s1. The number of nitrogens with two attached hydrogens (primary N) is 1. The molecule has 0 spiro atoms. The lowest BCUT2D eigenvalue weighted by Gasteiger charge is -2.27. The van der Waals surface area contributed by atoms with Crippen LogP contribution in [0.1, 0.15) is 36.9 Å². The molecule has 0 fully saturated rings. The molecule has 0 aromatic heterocycles. The average Bonchev–Trinajstić information content (AvgIpc) is 2.28. The van der Waals surface area contributed by atoms with Crippen molar-refractivity contribution in [3.8, 4) is 0 Å². The Labute approximate surface area is 112 Å². The SMILES string of the molecule is C[C@@H](N)C(=O)NC1CCCc2cc(F)ccc21.Cl. The van der Waals surface area contributed by atoms with Crippen LogP contribution in [0.5, 0.6) is 0 Å². The number of nitrogens with one attached hydrogen (secondary N) is 1. The number of carbonyl (C=O) groups excluding carboxylic acids is 1. The zero-order chi connectivity index (χ0) is 12.4. The number of hydrogen-bond acceptors (Lipinski definition) is 2. The Morgan fingerprint density at radius 2 is 2.28 bits per heavy atom. The number of rotatable bonds is 2. The molecule has 3 N–H and O–H groups in total. The van der Waals surface area contributed by atoms with Gasteiger partial charge in [-0.05, 0) is 49.4 Å². The van der Waals surface area contributed by atoms with Gasteiger partial charge in [-0.3, -0.25) is 4.79 Å². The summed E-state index contributed by atoms with van der Waals surface area (Å²) in [6.07, 6.45) is 2.72. The fraction of sp³-hybridized carbons (Fsp3) is 0.462. The number of benzene rings is 1. The lowest BCUT2D eigenvalue weighted by atomic mass is 9.87. The Hall–Kier alpha value is -1.13. The molecule has 1 amide bonds. The van der Waals surface area contributed by atoms with E-state index in [2.05, 4.69) is 5.32 Å². The largest absolute Gasteiger partial charge is 0.348 e. The van der Waals surface area contributed by atoms with Crippen molar-refractivity contribution >= 4 is 18.3 Å². The van der Waals surface area contributed by atoms with Gasteiger partial charge in [0, 0.05) is 0 Å². The topological polar surface area (TPSA) is 55.1 Å². The molecule has 5 heteroatoms. The van der Waals surface area contributed by atoms with Gasteiger partial charge >= 0.3 is 0 Å². The zero-order valence-corrected chi connectivity index (χ0v) is 11.1. The van der Waals surface area contributed by atoms with Crippen molar-refractivity contribution in [2.75, 3.05) is 0 Å². The van der Waals surface area contributed by atoms with Gasteiger partial charge in [0.05, 0.1) is 12.1 Å². The van der Waals surface area contributed by atoms with Crippen molar-refractivity contribution in [1.29, 1.82) is 0 Å². The van der Waals surface area contributed by atoms with Gasteiger partial charge in [-0.1, -0.05) is 6.07 Å². The molecule has 1 aromatic rings. The van der Waals surface area contributed by atoms with Gasteiger partial charge in [-0.25, -0.2) is 4.39 Å².